The van der Waals surface area contributed by atoms with Crippen molar-refractivity contribution in [2.24, 2.45) is 0 Å². The molecule has 0 atom stereocenters. The van der Waals surface area contributed by atoms with Gasteiger partial charge in [0.2, 0.25) is 5.95 Å². The third-order valence-corrected chi connectivity index (χ3v) is 8.98. The molecule has 0 unspecified atom stereocenters. The summed E-state index contributed by atoms with van der Waals surface area (Å²) in [6.45, 7) is 9.54. The third kappa shape index (κ3) is 11.9. The molecule has 2 aliphatic rings. The van der Waals surface area contributed by atoms with Gasteiger partial charge in [-0.05, 0) is 56.3 Å². The first-order valence-corrected chi connectivity index (χ1v) is 16.9. The Morgan fingerprint density at radius 2 is 1.57 bits per heavy atom. The van der Waals surface area contributed by atoms with Crippen LogP contribution in [0, 0.1) is 0 Å². The number of ether oxygens (including phenoxy) is 2. The number of benzene rings is 1. The number of nitrogens with zero attached hydrogens (tertiary/aromatic N) is 4. The zero-order chi connectivity index (χ0) is 30.8. The Hall–Kier alpha value is -2.34. The molecule has 10 heteroatoms. The SMILES string of the molecule is COCCC(CCOC)c1cc(N2CCN(CCO)CC2)nc(NCc2ccc(CNCCCNC3CCCCC3)cc2)n1. The van der Waals surface area contributed by atoms with E-state index in [4.69, 9.17) is 19.4 Å². The Morgan fingerprint density at radius 1 is 0.886 bits per heavy atom. The average Bonchev–Trinajstić information content (AvgIpc) is 3.07. The van der Waals surface area contributed by atoms with E-state index in [1.165, 1.54) is 43.2 Å². The molecule has 1 saturated carbocycles. The molecular formula is C34H57N7O3. The van der Waals surface area contributed by atoms with E-state index in [1.54, 1.807) is 14.2 Å². The number of aliphatic hydroxyl groups excluding tert-OH is 1. The van der Waals surface area contributed by atoms with Crippen molar-refractivity contribution in [3.05, 3.63) is 47.2 Å². The monoisotopic (exact) mass is 611 g/mol. The fourth-order valence-corrected chi connectivity index (χ4v) is 6.22. The van der Waals surface area contributed by atoms with Crippen LogP contribution in [0.15, 0.2) is 30.3 Å². The van der Waals surface area contributed by atoms with E-state index in [0.29, 0.717) is 25.7 Å². The largest absolute Gasteiger partial charge is 0.395 e. The number of hydrogen-bond donors (Lipinski definition) is 4. The first-order valence-electron chi connectivity index (χ1n) is 16.9. The van der Waals surface area contributed by atoms with Crippen molar-refractivity contribution in [1.82, 2.24) is 25.5 Å². The van der Waals surface area contributed by atoms with Crippen molar-refractivity contribution in [1.29, 1.82) is 0 Å². The summed E-state index contributed by atoms with van der Waals surface area (Å²) >= 11 is 0. The van der Waals surface area contributed by atoms with Crippen LogP contribution >= 0.6 is 0 Å². The molecule has 2 fully saturated rings. The Morgan fingerprint density at radius 3 is 2.23 bits per heavy atom. The summed E-state index contributed by atoms with van der Waals surface area (Å²) in [4.78, 5) is 14.6. The van der Waals surface area contributed by atoms with Crippen LogP contribution in [0.3, 0.4) is 0 Å². The fourth-order valence-electron chi connectivity index (χ4n) is 6.22. The lowest BCUT2D eigenvalue weighted by Crippen LogP contribution is -2.47. The van der Waals surface area contributed by atoms with Crippen LogP contribution in [0.1, 0.15) is 74.1 Å². The molecule has 1 aromatic heterocycles. The van der Waals surface area contributed by atoms with Gasteiger partial charge in [-0.2, -0.15) is 4.98 Å². The van der Waals surface area contributed by atoms with Crippen LogP contribution in [0.2, 0.25) is 0 Å². The minimum Gasteiger partial charge on any atom is -0.395 e. The maximum Gasteiger partial charge on any atom is 0.225 e. The highest BCUT2D eigenvalue weighted by atomic mass is 16.5. The van der Waals surface area contributed by atoms with Crippen LogP contribution in [0.4, 0.5) is 11.8 Å². The van der Waals surface area contributed by atoms with Gasteiger partial charge in [-0.15, -0.1) is 0 Å². The molecule has 4 rings (SSSR count). The predicted octanol–water partition coefficient (Wildman–Crippen LogP) is 3.76. The highest BCUT2D eigenvalue weighted by Crippen LogP contribution is 2.27. The topological polar surface area (TPSA) is 107 Å². The Kier molecular flexibility index (Phi) is 15.6. The van der Waals surface area contributed by atoms with Gasteiger partial charge in [0.25, 0.3) is 0 Å². The lowest BCUT2D eigenvalue weighted by atomic mass is 9.95. The quantitative estimate of drug-likeness (QED) is 0.165. The molecule has 4 N–H and O–H groups in total. The zero-order valence-corrected chi connectivity index (χ0v) is 27.2. The maximum absolute atomic E-state index is 9.34. The Bertz CT molecular complexity index is 1040. The number of nitrogens with one attached hydrogen (secondary N) is 3. The smallest absolute Gasteiger partial charge is 0.225 e. The average molecular weight is 612 g/mol. The van der Waals surface area contributed by atoms with Crippen molar-refractivity contribution in [3.8, 4) is 0 Å². The number of hydrogen-bond acceptors (Lipinski definition) is 10. The van der Waals surface area contributed by atoms with Crippen LogP contribution in [0.5, 0.6) is 0 Å². The maximum atomic E-state index is 9.34. The number of piperazine rings is 1. The minimum atomic E-state index is 0.196. The van der Waals surface area contributed by atoms with Crippen molar-refractivity contribution < 1.29 is 14.6 Å². The van der Waals surface area contributed by atoms with E-state index in [-0.39, 0.29) is 12.5 Å². The number of aliphatic hydroxyl groups is 1. The van der Waals surface area contributed by atoms with E-state index in [0.717, 1.165) is 89.2 Å². The number of anilines is 2. The fraction of sp³-hybridized carbons (Fsp3) is 0.706. The number of aromatic nitrogens is 2. The summed E-state index contributed by atoms with van der Waals surface area (Å²) in [5, 5.41) is 20.2. The van der Waals surface area contributed by atoms with Gasteiger partial charge in [-0.25, -0.2) is 4.98 Å². The van der Waals surface area contributed by atoms with Crippen molar-refractivity contribution in [2.45, 2.75) is 76.4 Å². The number of rotatable bonds is 20. The van der Waals surface area contributed by atoms with E-state index in [9.17, 15) is 5.11 Å². The second kappa shape index (κ2) is 19.9. The molecule has 1 aliphatic heterocycles. The lowest BCUT2D eigenvalue weighted by Gasteiger charge is -2.35. The van der Waals surface area contributed by atoms with Crippen molar-refractivity contribution >= 4 is 11.8 Å². The third-order valence-electron chi connectivity index (χ3n) is 8.98. The standard InChI is InChI=1S/C34H57N7O3/c1-43-23-13-30(14-24-44-2)32-25-33(41-19-17-40(18-20-41)21-22-42)39-34(38-32)37-27-29-11-9-28(10-12-29)26-35-15-6-16-36-31-7-4-3-5-8-31/h9-12,25,30-31,35-36,42H,3-8,13-24,26-27H2,1-2H3,(H,37,38,39). The molecular weight excluding hydrogens is 554 g/mol. The van der Waals surface area contributed by atoms with Gasteiger partial charge >= 0.3 is 0 Å². The van der Waals surface area contributed by atoms with Crippen molar-refractivity contribution in [3.63, 3.8) is 0 Å². The minimum absolute atomic E-state index is 0.196. The summed E-state index contributed by atoms with van der Waals surface area (Å²) < 4.78 is 10.8. The van der Waals surface area contributed by atoms with Gasteiger partial charge < -0.3 is 35.4 Å². The van der Waals surface area contributed by atoms with Gasteiger partial charge in [0, 0.05) is 91.3 Å². The summed E-state index contributed by atoms with van der Waals surface area (Å²) in [6.07, 6.45) is 9.80. The molecule has 0 amide bonds. The van der Waals surface area contributed by atoms with Crippen molar-refractivity contribution in [2.75, 3.05) is 90.1 Å². The van der Waals surface area contributed by atoms with Gasteiger partial charge in [0.1, 0.15) is 5.82 Å². The van der Waals surface area contributed by atoms with Crippen LogP contribution in [-0.4, -0.2) is 106 Å². The van der Waals surface area contributed by atoms with E-state index in [2.05, 4.69) is 56.1 Å². The summed E-state index contributed by atoms with van der Waals surface area (Å²) in [6, 6.07) is 11.7. The zero-order valence-electron chi connectivity index (χ0n) is 27.2. The Labute approximate surface area is 265 Å². The van der Waals surface area contributed by atoms with E-state index < -0.39 is 0 Å². The molecule has 1 aliphatic carbocycles. The van der Waals surface area contributed by atoms with Crippen LogP contribution in [-0.2, 0) is 22.6 Å². The normalized spacial score (nSPS) is 16.6. The molecule has 1 saturated heterocycles. The molecule has 0 radical (unpaired) electrons. The molecule has 44 heavy (non-hydrogen) atoms. The highest BCUT2D eigenvalue weighted by molar-refractivity contribution is 5.46. The molecule has 2 aromatic rings. The van der Waals surface area contributed by atoms with Crippen LogP contribution < -0.4 is 20.9 Å². The summed E-state index contributed by atoms with van der Waals surface area (Å²) in [5.74, 6) is 1.83. The summed E-state index contributed by atoms with van der Waals surface area (Å²) in [5.41, 5.74) is 3.53. The molecule has 246 valence electrons. The van der Waals surface area contributed by atoms with Gasteiger partial charge in [-0.3, -0.25) is 4.90 Å². The highest BCUT2D eigenvalue weighted by Gasteiger charge is 2.22. The number of methoxy groups -OCH3 is 2. The Balaban J connectivity index is 1.31. The predicted molar refractivity (Wildman–Crippen MR) is 178 cm³/mol. The first-order chi connectivity index (χ1) is 21.7. The van der Waals surface area contributed by atoms with E-state index >= 15 is 0 Å². The molecule has 1 aromatic carbocycles. The summed E-state index contributed by atoms with van der Waals surface area (Å²) in [7, 11) is 3.49. The molecule has 10 nitrogen and oxygen atoms in total. The first kappa shape index (κ1) is 34.5. The van der Waals surface area contributed by atoms with Gasteiger partial charge in [-0.1, -0.05) is 43.5 Å². The van der Waals surface area contributed by atoms with Gasteiger partial charge in [0.05, 0.1) is 12.3 Å². The molecule has 2 heterocycles. The van der Waals surface area contributed by atoms with E-state index in [1.807, 2.05) is 0 Å². The van der Waals surface area contributed by atoms with Crippen LogP contribution in [0.25, 0.3) is 0 Å². The second-order valence-electron chi connectivity index (χ2n) is 12.3. The lowest BCUT2D eigenvalue weighted by molar-refractivity contribution is 0.162. The second-order valence-corrected chi connectivity index (χ2v) is 12.3. The number of β-amino-alcohol motifs (C(OH)–C–C–N with tert-alkyl or cyclic N) is 1. The molecule has 0 spiro atoms. The van der Waals surface area contributed by atoms with Gasteiger partial charge in [0.15, 0.2) is 0 Å². The molecule has 0 bridgehead atoms.